The second kappa shape index (κ2) is 10.3. The normalized spacial score (nSPS) is 12.1. The molecule has 0 aliphatic heterocycles. The van der Waals surface area contributed by atoms with Crippen LogP contribution in [0.4, 0.5) is 32.2 Å². The van der Waals surface area contributed by atoms with E-state index in [0.29, 0.717) is 28.1 Å². The van der Waals surface area contributed by atoms with E-state index in [0.717, 1.165) is 12.3 Å². The molecule has 0 fully saturated rings. The maximum atomic E-state index is 12.9. The molecule has 0 saturated carbocycles. The molecule has 0 radical (unpaired) electrons. The quantitative estimate of drug-likeness (QED) is 0.337. The summed E-state index contributed by atoms with van der Waals surface area (Å²) in [6, 6.07) is 5.47. The minimum Gasteiger partial charge on any atom is -0.493 e. The average molecular weight is 490 g/mol. The highest BCUT2D eigenvalue weighted by Crippen LogP contribution is 2.34. The highest BCUT2D eigenvalue weighted by Gasteiger charge is 2.32. The van der Waals surface area contributed by atoms with Gasteiger partial charge in [-0.2, -0.15) is 26.3 Å². The van der Waals surface area contributed by atoms with Crippen LogP contribution in [0.1, 0.15) is 17.1 Å². The minimum atomic E-state index is -4.57. The van der Waals surface area contributed by atoms with Crippen LogP contribution in [0.15, 0.2) is 30.5 Å². The number of anilines is 1. The number of rotatable bonds is 9. The number of fused-ring (bicyclic) bond motifs is 1. The third kappa shape index (κ3) is 6.83. The predicted molar refractivity (Wildman–Crippen MR) is 110 cm³/mol. The predicted octanol–water partition coefficient (Wildman–Crippen LogP) is 4.93. The second-order valence-corrected chi connectivity index (χ2v) is 7.06. The van der Waals surface area contributed by atoms with Crippen molar-refractivity contribution in [3.8, 4) is 11.5 Å². The lowest BCUT2D eigenvalue weighted by Gasteiger charge is -2.15. The van der Waals surface area contributed by atoms with Gasteiger partial charge in [-0.3, -0.25) is 4.98 Å². The summed E-state index contributed by atoms with van der Waals surface area (Å²) in [6.45, 7) is -0.208. The lowest BCUT2D eigenvalue weighted by molar-refractivity contribution is -0.175. The van der Waals surface area contributed by atoms with Gasteiger partial charge in [0.25, 0.3) is 0 Å². The number of aromatic nitrogens is 3. The van der Waals surface area contributed by atoms with Crippen LogP contribution in [-0.2, 0) is 17.5 Å². The first-order valence-corrected chi connectivity index (χ1v) is 9.86. The van der Waals surface area contributed by atoms with Crippen molar-refractivity contribution in [2.45, 2.75) is 25.8 Å². The Hall–Kier alpha value is -3.35. The first kappa shape index (κ1) is 25.3. The van der Waals surface area contributed by atoms with Crippen LogP contribution in [0, 0.1) is 6.92 Å². The summed E-state index contributed by atoms with van der Waals surface area (Å²) in [5.74, 6) is 1.23. The van der Waals surface area contributed by atoms with Crippen molar-refractivity contribution in [3.63, 3.8) is 0 Å². The van der Waals surface area contributed by atoms with Crippen molar-refractivity contribution in [1.82, 2.24) is 15.0 Å². The molecule has 3 rings (SSSR count). The minimum absolute atomic E-state index is 0.0185. The number of benzene rings is 1. The van der Waals surface area contributed by atoms with Gasteiger partial charge in [-0.25, -0.2) is 9.97 Å². The number of methoxy groups -OCH3 is 1. The number of ether oxygens (including phenoxy) is 3. The average Bonchev–Trinajstić information content (AvgIpc) is 2.75. The molecule has 0 aliphatic carbocycles. The molecule has 1 N–H and O–H groups in total. The van der Waals surface area contributed by atoms with Crippen LogP contribution >= 0.6 is 0 Å². The van der Waals surface area contributed by atoms with Crippen molar-refractivity contribution >= 4 is 16.7 Å². The Labute approximate surface area is 190 Å². The van der Waals surface area contributed by atoms with Crippen molar-refractivity contribution in [3.05, 3.63) is 47.5 Å². The molecule has 3 aromatic rings. The molecule has 2 aromatic heterocycles. The number of alkyl halides is 6. The maximum absolute atomic E-state index is 12.9. The van der Waals surface area contributed by atoms with Crippen LogP contribution in [0.25, 0.3) is 10.9 Å². The Balaban J connectivity index is 1.81. The second-order valence-electron chi connectivity index (χ2n) is 7.06. The van der Waals surface area contributed by atoms with E-state index in [2.05, 4.69) is 25.0 Å². The third-order valence-corrected chi connectivity index (χ3v) is 4.42. The van der Waals surface area contributed by atoms with E-state index < -0.39 is 24.7 Å². The summed E-state index contributed by atoms with van der Waals surface area (Å²) >= 11 is 0. The number of nitrogens with zero attached hydrogens (tertiary/aromatic N) is 3. The topological polar surface area (TPSA) is 78.4 Å². The first-order chi connectivity index (χ1) is 16.0. The number of aryl methyl sites for hydroxylation is 1. The van der Waals surface area contributed by atoms with Gasteiger partial charge in [-0.15, -0.1) is 0 Å². The van der Waals surface area contributed by atoms with Gasteiger partial charge in [-0.05, 0) is 30.7 Å². The molecule has 184 valence electrons. The van der Waals surface area contributed by atoms with Gasteiger partial charge in [0, 0.05) is 24.2 Å². The molecule has 0 aliphatic rings. The van der Waals surface area contributed by atoms with Crippen molar-refractivity contribution in [1.29, 1.82) is 0 Å². The lowest BCUT2D eigenvalue weighted by Crippen LogP contribution is -2.19. The maximum Gasteiger partial charge on any atom is 0.433 e. The molecular weight excluding hydrogens is 470 g/mol. The fraction of sp³-hybridized carbons (Fsp3) is 0.381. The van der Waals surface area contributed by atoms with Gasteiger partial charge < -0.3 is 19.5 Å². The molecule has 0 unspecified atom stereocenters. The molecule has 7 nitrogen and oxygen atoms in total. The van der Waals surface area contributed by atoms with E-state index in [1.807, 2.05) is 0 Å². The summed E-state index contributed by atoms with van der Waals surface area (Å²) in [4.78, 5) is 12.0. The van der Waals surface area contributed by atoms with Crippen LogP contribution in [0.2, 0.25) is 0 Å². The summed E-state index contributed by atoms with van der Waals surface area (Å²) < 4.78 is 90.7. The number of hydrogen-bond acceptors (Lipinski definition) is 7. The fourth-order valence-corrected chi connectivity index (χ4v) is 2.98. The fourth-order valence-electron chi connectivity index (χ4n) is 2.98. The van der Waals surface area contributed by atoms with Crippen LogP contribution in [-0.4, -0.2) is 48.1 Å². The van der Waals surface area contributed by atoms with Crippen LogP contribution in [0.3, 0.4) is 0 Å². The van der Waals surface area contributed by atoms with Crippen molar-refractivity contribution < 1.29 is 40.6 Å². The highest BCUT2D eigenvalue weighted by molar-refractivity contribution is 5.91. The molecule has 0 atom stereocenters. The zero-order chi connectivity index (χ0) is 24.9. The molecular formula is C21H20F6N4O3. The van der Waals surface area contributed by atoms with Crippen molar-refractivity contribution in [2.75, 3.05) is 32.2 Å². The molecule has 34 heavy (non-hydrogen) atoms. The zero-order valence-electron chi connectivity index (χ0n) is 18.0. The Morgan fingerprint density at radius 1 is 0.971 bits per heavy atom. The van der Waals surface area contributed by atoms with Crippen LogP contribution < -0.4 is 14.8 Å². The molecule has 0 bridgehead atoms. The van der Waals surface area contributed by atoms with Gasteiger partial charge >= 0.3 is 12.4 Å². The van der Waals surface area contributed by atoms with E-state index in [1.165, 1.54) is 19.2 Å². The Kier molecular flexibility index (Phi) is 7.64. The number of pyridine rings is 1. The molecule has 0 amide bonds. The SMILES string of the molecule is COc1cc2nc(C)nc(NCc3ccnc(C(F)(F)F)c3)c2cc1OCCOCC(F)(F)F. The highest BCUT2D eigenvalue weighted by atomic mass is 19.4. The first-order valence-electron chi connectivity index (χ1n) is 9.86. The van der Waals surface area contributed by atoms with E-state index in [4.69, 9.17) is 9.47 Å². The van der Waals surface area contributed by atoms with E-state index in [1.54, 1.807) is 13.0 Å². The van der Waals surface area contributed by atoms with Gasteiger partial charge in [0.1, 0.15) is 30.5 Å². The third-order valence-electron chi connectivity index (χ3n) is 4.42. The Morgan fingerprint density at radius 2 is 1.74 bits per heavy atom. The molecule has 0 saturated heterocycles. The van der Waals surface area contributed by atoms with E-state index in [-0.39, 0.29) is 31.3 Å². The number of hydrogen-bond donors (Lipinski definition) is 1. The monoisotopic (exact) mass is 490 g/mol. The summed E-state index contributed by atoms with van der Waals surface area (Å²) in [5, 5.41) is 3.46. The summed E-state index contributed by atoms with van der Waals surface area (Å²) in [5.41, 5.74) is -0.208. The molecule has 1 aromatic carbocycles. The van der Waals surface area contributed by atoms with Gasteiger partial charge in [0.2, 0.25) is 0 Å². The molecule has 0 spiro atoms. The number of halogens is 6. The largest absolute Gasteiger partial charge is 0.493 e. The number of nitrogens with one attached hydrogen (secondary N) is 1. The zero-order valence-corrected chi connectivity index (χ0v) is 18.0. The van der Waals surface area contributed by atoms with E-state index in [9.17, 15) is 26.3 Å². The Bertz CT molecular complexity index is 1140. The summed E-state index contributed by atoms with van der Waals surface area (Å²) in [7, 11) is 1.39. The van der Waals surface area contributed by atoms with Crippen LogP contribution in [0.5, 0.6) is 11.5 Å². The molecule has 2 heterocycles. The standard InChI is InChI=1S/C21H20F6N4O3/c1-12-30-15-9-16(32-2)17(34-6-5-33-11-20(22,23)24)8-14(15)19(31-12)29-10-13-3-4-28-18(7-13)21(25,26)27/h3-4,7-9H,5-6,10-11H2,1-2H3,(H,29,30,31). The smallest absolute Gasteiger partial charge is 0.433 e. The van der Waals surface area contributed by atoms with Gasteiger partial charge in [0.15, 0.2) is 11.5 Å². The lowest BCUT2D eigenvalue weighted by atomic mass is 10.2. The Morgan fingerprint density at radius 3 is 2.41 bits per heavy atom. The van der Waals surface area contributed by atoms with E-state index >= 15 is 0 Å². The van der Waals surface area contributed by atoms with Gasteiger partial charge in [0.05, 0.1) is 19.2 Å². The molecule has 13 heteroatoms. The summed E-state index contributed by atoms with van der Waals surface area (Å²) in [6.07, 6.45) is -7.94. The van der Waals surface area contributed by atoms with Gasteiger partial charge in [-0.1, -0.05) is 0 Å². The van der Waals surface area contributed by atoms with Crippen molar-refractivity contribution in [2.24, 2.45) is 0 Å².